The predicted molar refractivity (Wildman–Crippen MR) is 80.8 cm³/mol. The van der Waals surface area contributed by atoms with Crippen molar-refractivity contribution >= 4 is 5.82 Å². The first-order chi connectivity index (χ1) is 8.86. The normalized spacial score (nSPS) is 20.7. The molecular weight excluding hydrogens is 234 g/mol. The lowest BCUT2D eigenvalue weighted by molar-refractivity contribution is 0.606. The monoisotopic (exact) mass is 261 g/mol. The number of hydrogen-bond acceptors (Lipinski definition) is 3. The second-order valence-corrected chi connectivity index (χ2v) is 6.76. The molecule has 1 N–H and O–H groups in total. The third kappa shape index (κ3) is 2.90. The van der Waals surface area contributed by atoms with E-state index in [1.54, 1.807) is 0 Å². The summed E-state index contributed by atoms with van der Waals surface area (Å²) >= 11 is 0. The van der Waals surface area contributed by atoms with Gasteiger partial charge >= 0.3 is 0 Å². The van der Waals surface area contributed by atoms with Crippen molar-refractivity contribution in [1.29, 1.82) is 0 Å². The van der Waals surface area contributed by atoms with Gasteiger partial charge in [-0.2, -0.15) is 0 Å². The van der Waals surface area contributed by atoms with Crippen molar-refractivity contribution in [3.63, 3.8) is 0 Å². The second-order valence-electron chi connectivity index (χ2n) is 6.76. The maximum Gasteiger partial charge on any atom is 0.134 e. The molecule has 1 aliphatic rings. The fraction of sp³-hybridized carbons (Fsp3) is 0.750. The fourth-order valence-corrected chi connectivity index (χ4v) is 2.74. The highest BCUT2D eigenvalue weighted by Gasteiger charge is 2.48. The van der Waals surface area contributed by atoms with Crippen molar-refractivity contribution in [2.24, 2.45) is 5.41 Å². The summed E-state index contributed by atoms with van der Waals surface area (Å²) < 4.78 is 0. The molecule has 3 heteroatoms. The van der Waals surface area contributed by atoms with E-state index < -0.39 is 0 Å². The van der Waals surface area contributed by atoms with E-state index >= 15 is 0 Å². The van der Waals surface area contributed by atoms with Gasteiger partial charge in [0.2, 0.25) is 0 Å². The zero-order valence-corrected chi connectivity index (χ0v) is 13.2. The Morgan fingerprint density at radius 2 is 1.95 bits per heavy atom. The molecule has 1 fully saturated rings. The van der Waals surface area contributed by atoms with Gasteiger partial charge in [-0.1, -0.05) is 34.6 Å². The minimum atomic E-state index is 0.383. The Morgan fingerprint density at radius 1 is 1.32 bits per heavy atom. The molecule has 1 aromatic rings. The Labute approximate surface area is 117 Å². The smallest absolute Gasteiger partial charge is 0.134 e. The molecule has 0 bridgehead atoms. The Bertz CT molecular complexity index is 463. The van der Waals surface area contributed by atoms with Crippen LogP contribution in [0.1, 0.15) is 76.4 Å². The molecular formula is C16H27N3. The van der Waals surface area contributed by atoms with E-state index in [4.69, 9.17) is 9.97 Å². The van der Waals surface area contributed by atoms with Gasteiger partial charge < -0.3 is 5.32 Å². The summed E-state index contributed by atoms with van der Waals surface area (Å²) in [5, 5.41) is 3.48. The summed E-state index contributed by atoms with van der Waals surface area (Å²) in [6.45, 7) is 14.3. The van der Waals surface area contributed by atoms with Crippen molar-refractivity contribution in [2.45, 2.75) is 66.2 Å². The third-order valence-electron chi connectivity index (χ3n) is 4.10. The SMILES string of the molecule is CCCNc1nc(C2CC2(C)C)nc(C)c1C(C)C. The van der Waals surface area contributed by atoms with Gasteiger partial charge in [0.1, 0.15) is 11.6 Å². The molecule has 0 aromatic carbocycles. The number of rotatable bonds is 5. The number of nitrogens with zero attached hydrogens (tertiary/aromatic N) is 2. The van der Waals surface area contributed by atoms with Gasteiger partial charge in [-0.3, -0.25) is 0 Å². The number of aromatic nitrogens is 2. The van der Waals surface area contributed by atoms with Gasteiger partial charge in [0.25, 0.3) is 0 Å². The average Bonchev–Trinajstić information content (AvgIpc) is 2.94. The molecule has 0 amide bonds. The summed E-state index contributed by atoms with van der Waals surface area (Å²) in [5.74, 6) is 3.09. The summed E-state index contributed by atoms with van der Waals surface area (Å²) in [4.78, 5) is 9.60. The van der Waals surface area contributed by atoms with Crippen molar-refractivity contribution in [3.05, 3.63) is 17.1 Å². The van der Waals surface area contributed by atoms with E-state index in [1.165, 1.54) is 12.0 Å². The molecule has 1 atom stereocenters. The first-order valence-corrected chi connectivity index (χ1v) is 7.49. The van der Waals surface area contributed by atoms with Crippen LogP contribution < -0.4 is 5.32 Å². The maximum absolute atomic E-state index is 4.83. The van der Waals surface area contributed by atoms with Gasteiger partial charge in [-0.05, 0) is 31.1 Å². The Balaban J connectivity index is 2.36. The minimum absolute atomic E-state index is 0.383. The molecule has 0 spiro atoms. The zero-order valence-electron chi connectivity index (χ0n) is 13.2. The fourth-order valence-electron chi connectivity index (χ4n) is 2.74. The second kappa shape index (κ2) is 5.10. The summed E-state index contributed by atoms with van der Waals surface area (Å²) in [6, 6.07) is 0. The molecule has 3 nitrogen and oxygen atoms in total. The van der Waals surface area contributed by atoms with Crippen LogP contribution in [-0.4, -0.2) is 16.5 Å². The molecule has 1 aliphatic carbocycles. The first kappa shape index (κ1) is 14.3. The number of nitrogens with one attached hydrogen (secondary N) is 1. The molecule has 0 aliphatic heterocycles. The van der Waals surface area contributed by atoms with Crippen LogP contribution in [0.5, 0.6) is 0 Å². The molecule has 19 heavy (non-hydrogen) atoms. The maximum atomic E-state index is 4.83. The van der Waals surface area contributed by atoms with Gasteiger partial charge in [-0.25, -0.2) is 9.97 Å². The van der Waals surface area contributed by atoms with Gasteiger partial charge in [0.05, 0.1) is 0 Å². The molecule has 0 saturated heterocycles. The van der Waals surface area contributed by atoms with E-state index in [1.807, 2.05) is 0 Å². The van der Waals surface area contributed by atoms with Crippen LogP contribution in [0.2, 0.25) is 0 Å². The Morgan fingerprint density at radius 3 is 2.42 bits per heavy atom. The van der Waals surface area contributed by atoms with Crippen molar-refractivity contribution in [3.8, 4) is 0 Å². The zero-order chi connectivity index (χ0) is 14.2. The third-order valence-corrected chi connectivity index (χ3v) is 4.10. The topological polar surface area (TPSA) is 37.8 Å². The molecule has 1 aromatic heterocycles. The number of anilines is 1. The van der Waals surface area contributed by atoms with Crippen molar-refractivity contribution in [1.82, 2.24) is 9.97 Å². The van der Waals surface area contributed by atoms with Crippen LogP contribution in [0, 0.1) is 12.3 Å². The van der Waals surface area contributed by atoms with E-state index in [2.05, 4.69) is 46.9 Å². The van der Waals surface area contributed by atoms with Crippen LogP contribution in [-0.2, 0) is 0 Å². The van der Waals surface area contributed by atoms with Crippen molar-refractivity contribution in [2.75, 3.05) is 11.9 Å². The van der Waals surface area contributed by atoms with E-state index in [0.29, 0.717) is 17.3 Å². The highest BCUT2D eigenvalue weighted by atomic mass is 15.0. The van der Waals surface area contributed by atoms with Gasteiger partial charge in [-0.15, -0.1) is 0 Å². The quantitative estimate of drug-likeness (QED) is 0.861. The van der Waals surface area contributed by atoms with Crippen LogP contribution >= 0.6 is 0 Å². The molecule has 1 saturated carbocycles. The minimum Gasteiger partial charge on any atom is -0.370 e. The highest BCUT2D eigenvalue weighted by molar-refractivity contribution is 5.49. The van der Waals surface area contributed by atoms with Crippen LogP contribution in [0.25, 0.3) is 0 Å². The van der Waals surface area contributed by atoms with Crippen LogP contribution in [0.4, 0.5) is 5.82 Å². The molecule has 106 valence electrons. The average molecular weight is 261 g/mol. The van der Waals surface area contributed by atoms with E-state index in [9.17, 15) is 0 Å². The van der Waals surface area contributed by atoms with Crippen molar-refractivity contribution < 1.29 is 0 Å². The van der Waals surface area contributed by atoms with Crippen LogP contribution in [0.15, 0.2) is 0 Å². The lowest BCUT2D eigenvalue weighted by Gasteiger charge is -2.17. The summed E-state index contributed by atoms with van der Waals surface area (Å²) in [6.07, 6.45) is 2.32. The Kier molecular flexibility index (Phi) is 3.84. The lowest BCUT2D eigenvalue weighted by Crippen LogP contribution is -2.12. The van der Waals surface area contributed by atoms with E-state index in [-0.39, 0.29) is 0 Å². The Hall–Kier alpha value is -1.12. The molecule has 1 heterocycles. The lowest BCUT2D eigenvalue weighted by atomic mass is 10.0. The van der Waals surface area contributed by atoms with Gasteiger partial charge in [0, 0.05) is 23.7 Å². The first-order valence-electron chi connectivity index (χ1n) is 7.49. The van der Waals surface area contributed by atoms with E-state index in [0.717, 1.165) is 30.3 Å². The number of aryl methyl sites for hydroxylation is 1. The molecule has 2 rings (SSSR count). The number of hydrogen-bond donors (Lipinski definition) is 1. The standard InChI is InChI=1S/C16H27N3/c1-7-8-17-15-13(10(2)3)11(4)18-14(19-15)12-9-16(12,5)6/h10,12H,7-9H2,1-6H3,(H,17,18,19). The largest absolute Gasteiger partial charge is 0.370 e. The summed E-state index contributed by atoms with van der Waals surface area (Å²) in [7, 11) is 0. The van der Waals surface area contributed by atoms with Gasteiger partial charge in [0.15, 0.2) is 0 Å². The van der Waals surface area contributed by atoms with Crippen LogP contribution in [0.3, 0.4) is 0 Å². The highest BCUT2D eigenvalue weighted by Crippen LogP contribution is 2.57. The predicted octanol–water partition coefficient (Wildman–Crippen LogP) is 4.24. The molecule has 1 unspecified atom stereocenters. The summed E-state index contributed by atoms with van der Waals surface area (Å²) in [5.41, 5.74) is 2.80. The molecule has 0 radical (unpaired) electrons.